The van der Waals surface area contributed by atoms with Gasteiger partial charge in [0.15, 0.2) is 23.2 Å². The number of halogens is 6. The number of nitrogens with one attached hydrogen (secondary N) is 1. The Hall–Kier alpha value is -1.60. The first-order valence-corrected chi connectivity index (χ1v) is 3.43. The van der Waals surface area contributed by atoms with Gasteiger partial charge in [0.05, 0.1) is 0 Å². The third kappa shape index (κ3) is 2.45. The summed E-state index contributed by atoms with van der Waals surface area (Å²) < 4.78 is 72.9. The van der Waals surface area contributed by atoms with Gasteiger partial charge in [0.1, 0.15) is 5.69 Å². The van der Waals surface area contributed by atoms with E-state index in [1.54, 1.807) is 0 Å². The van der Waals surface area contributed by atoms with Crippen LogP contribution in [0.1, 0.15) is 0 Å². The van der Waals surface area contributed by atoms with Gasteiger partial charge in [0, 0.05) is 6.07 Å². The number of aromatic hydroxyl groups is 1. The van der Waals surface area contributed by atoms with Gasteiger partial charge >= 0.3 is 6.30 Å². The SMILES string of the molecule is Oc1c(F)cc(F)c(F)c1NC(F)(F)F. The molecule has 0 unspecified atom stereocenters. The highest BCUT2D eigenvalue weighted by atomic mass is 19.4. The maximum absolute atomic E-state index is 12.7. The summed E-state index contributed by atoms with van der Waals surface area (Å²) in [6.07, 6.45) is -5.11. The number of phenols is 1. The van der Waals surface area contributed by atoms with Crippen LogP contribution in [0.25, 0.3) is 0 Å². The van der Waals surface area contributed by atoms with E-state index in [-0.39, 0.29) is 6.07 Å². The maximum Gasteiger partial charge on any atom is 0.482 e. The van der Waals surface area contributed by atoms with Crippen LogP contribution in [0.5, 0.6) is 5.75 Å². The zero-order chi connectivity index (χ0) is 11.8. The fraction of sp³-hybridized carbons (Fsp3) is 0.143. The maximum atomic E-state index is 12.7. The second-order valence-corrected chi connectivity index (χ2v) is 2.50. The van der Waals surface area contributed by atoms with Gasteiger partial charge in [-0.3, -0.25) is 5.32 Å². The Morgan fingerprint density at radius 2 is 1.60 bits per heavy atom. The number of phenolic OH excluding ortho intramolecular Hbond substituents is 1. The molecule has 0 aliphatic carbocycles. The fourth-order valence-electron chi connectivity index (χ4n) is 0.842. The molecule has 8 heteroatoms. The monoisotopic (exact) mass is 231 g/mol. The van der Waals surface area contributed by atoms with E-state index in [9.17, 15) is 26.3 Å². The van der Waals surface area contributed by atoms with Crippen molar-refractivity contribution in [3.05, 3.63) is 23.5 Å². The average Bonchev–Trinajstić information content (AvgIpc) is 2.08. The first kappa shape index (κ1) is 11.5. The van der Waals surface area contributed by atoms with Crippen molar-refractivity contribution in [2.75, 3.05) is 5.32 Å². The van der Waals surface area contributed by atoms with Crippen molar-refractivity contribution >= 4 is 5.69 Å². The van der Waals surface area contributed by atoms with E-state index < -0.39 is 35.2 Å². The smallest absolute Gasteiger partial charge is 0.482 e. The molecule has 0 bridgehead atoms. The Bertz CT molecular complexity index is 362. The van der Waals surface area contributed by atoms with Crippen LogP contribution >= 0.6 is 0 Å². The molecule has 15 heavy (non-hydrogen) atoms. The minimum absolute atomic E-state index is 0.0633. The van der Waals surface area contributed by atoms with Crippen LogP contribution in [0, 0.1) is 17.5 Å². The number of hydrogen-bond acceptors (Lipinski definition) is 2. The van der Waals surface area contributed by atoms with Gasteiger partial charge in [-0.2, -0.15) is 13.2 Å². The van der Waals surface area contributed by atoms with Crippen molar-refractivity contribution in [1.82, 2.24) is 0 Å². The van der Waals surface area contributed by atoms with Crippen LogP contribution in [0.4, 0.5) is 32.0 Å². The van der Waals surface area contributed by atoms with Crippen molar-refractivity contribution in [3.8, 4) is 5.75 Å². The molecule has 0 saturated heterocycles. The van der Waals surface area contributed by atoms with Crippen LogP contribution in [0.15, 0.2) is 6.07 Å². The molecule has 2 nitrogen and oxygen atoms in total. The van der Waals surface area contributed by atoms with Crippen LogP contribution in [0.3, 0.4) is 0 Å². The van der Waals surface area contributed by atoms with Gasteiger partial charge in [-0.05, 0) is 0 Å². The molecule has 1 rings (SSSR count). The van der Waals surface area contributed by atoms with Crippen LogP contribution in [-0.2, 0) is 0 Å². The Kier molecular flexibility index (Phi) is 2.69. The minimum Gasteiger partial charge on any atom is -0.503 e. The van der Waals surface area contributed by atoms with E-state index in [0.717, 1.165) is 0 Å². The second kappa shape index (κ2) is 3.52. The lowest BCUT2D eigenvalue weighted by molar-refractivity contribution is -0.100. The van der Waals surface area contributed by atoms with E-state index in [1.807, 2.05) is 0 Å². The molecule has 0 aromatic heterocycles. The largest absolute Gasteiger partial charge is 0.503 e. The Morgan fingerprint density at radius 1 is 1.07 bits per heavy atom. The molecular formula is C7H3F6NO. The summed E-state index contributed by atoms with van der Waals surface area (Å²) >= 11 is 0. The summed E-state index contributed by atoms with van der Waals surface area (Å²) in [7, 11) is 0. The molecule has 0 fully saturated rings. The van der Waals surface area contributed by atoms with Gasteiger partial charge in [-0.1, -0.05) is 0 Å². The summed E-state index contributed by atoms with van der Waals surface area (Å²) in [4.78, 5) is 0. The minimum atomic E-state index is -5.11. The van der Waals surface area contributed by atoms with E-state index in [4.69, 9.17) is 5.11 Å². The third-order valence-electron chi connectivity index (χ3n) is 1.41. The Balaban J connectivity index is 3.27. The number of anilines is 1. The predicted octanol–water partition coefficient (Wildman–Crippen LogP) is 2.74. The molecule has 0 aliphatic rings. The zero-order valence-electron chi connectivity index (χ0n) is 6.79. The van der Waals surface area contributed by atoms with E-state index in [0.29, 0.717) is 5.32 Å². The Labute approximate surface area is 79.1 Å². The van der Waals surface area contributed by atoms with Crippen molar-refractivity contribution in [2.45, 2.75) is 6.30 Å². The van der Waals surface area contributed by atoms with Crippen molar-refractivity contribution < 1.29 is 31.4 Å². The van der Waals surface area contributed by atoms with Crippen LogP contribution < -0.4 is 5.32 Å². The Morgan fingerprint density at radius 3 is 2.07 bits per heavy atom. The molecule has 0 spiro atoms. The van der Waals surface area contributed by atoms with E-state index >= 15 is 0 Å². The molecule has 0 aliphatic heterocycles. The summed E-state index contributed by atoms with van der Waals surface area (Å²) in [5.41, 5.74) is -1.68. The molecule has 0 saturated carbocycles. The molecule has 84 valence electrons. The topological polar surface area (TPSA) is 32.3 Å². The average molecular weight is 231 g/mol. The molecule has 1 aromatic rings. The molecule has 0 amide bonds. The highest BCUT2D eigenvalue weighted by Gasteiger charge is 2.32. The first-order valence-electron chi connectivity index (χ1n) is 3.43. The first-order chi connectivity index (χ1) is 6.72. The fourth-order valence-corrected chi connectivity index (χ4v) is 0.842. The third-order valence-corrected chi connectivity index (χ3v) is 1.41. The van der Waals surface area contributed by atoms with Crippen molar-refractivity contribution in [2.24, 2.45) is 0 Å². The van der Waals surface area contributed by atoms with Gasteiger partial charge in [-0.25, -0.2) is 13.2 Å². The summed E-state index contributed by atoms with van der Waals surface area (Å²) in [6.45, 7) is 0. The second-order valence-electron chi connectivity index (χ2n) is 2.50. The van der Waals surface area contributed by atoms with Crippen LogP contribution in [-0.4, -0.2) is 11.4 Å². The lowest BCUT2D eigenvalue weighted by Gasteiger charge is -2.12. The van der Waals surface area contributed by atoms with Gasteiger partial charge < -0.3 is 5.11 Å². The van der Waals surface area contributed by atoms with Crippen molar-refractivity contribution in [3.63, 3.8) is 0 Å². The standard InChI is InChI=1S/C7H3F6NO/c8-2-1-3(9)6(15)5(4(2)10)14-7(11,12)13/h1,14-15H. The predicted molar refractivity (Wildman–Crippen MR) is 37.7 cm³/mol. The van der Waals surface area contributed by atoms with E-state index in [2.05, 4.69) is 0 Å². The number of alkyl halides is 3. The number of hydrogen-bond donors (Lipinski definition) is 2. The van der Waals surface area contributed by atoms with Crippen LogP contribution in [0.2, 0.25) is 0 Å². The molecular weight excluding hydrogens is 228 g/mol. The number of benzene rings is 1. The molecule has 0 radical (unpaired) electrons. The van der Waals surface area contributed by atoms with Gasteiger partial charge in [0.2, 0.25) is 0 Å². The summed E-state index contributed by atoms with van der Waals surface area (Å²) in [5, 5.41) is 9.22. The lowest BCUT2D eigenvalue weighted by Crippen LogP contribution is -2.22. The van der Waals surface area contributed by atoms with Gasteiger partial charge in [-0.15, -0.1) is 0 Å². The molecule has 0 heterocycles. The number of rotatable bonds is 1. The van der Waals surface area contributed by atoms with Crippen molar-refractivity contribution in [1.29, 1.82) is 0 Å². The summed E-state index contributed by atoms with van der Waals surface area (Å²) in [5.74, 6) is -7.17. The lowest BCUT2D eigenvalue weighted by atomic mass is 10.2. The summed E-state index contributed by atoms with van der Waals surface area (Å²) in [6, 6.07) is -0.0633. The zero-order valence-corrected chi connectivity index (χ0v) is 6.79. The molecule has 2 N–H and O–H groups in total. The molecule has 0 atom stereocenters. The highest BCUT2D eigenvalue weighted by Crippen LogP contribution is 2.34. The van der Waals surface area contributed by atoms with Gasteiger partial charge in [0.25, 0.3) is 0 Å². The van der Waals surface area contributed by atoms with E-state index in [1.165, 1.54) is 0 Å². The highest BCUT2D eigenvalue weighted by molar-refractivity contribution is 5.58. The quantitative estimate of drug-likeness (QED) is 0.337. The molecule has 1 aromatic carbocycles. The normalized spacial score (nSPS) is 11.6.